The van der Waals surface area contributed by atoms with Crippen LogP contribution in [-0.2, 0) is 4.79 Å². The molecule has 2 N–H and O–H groups in total. The van der Waals surface area contributed by atoms with Crippen molar-refractivity contribution >= 4 is 23.2 Å². The number of anilines is 2. The van der Waals surface area contributed by atoms with E-state index in [9.17, 15) is 9.59 Å². The molecule has 0 saturated carbocycles. The van der Waals surface area contributed by atoms with Crippen molar-refractivity contribution in [1.82, 2.24) is 4.90 Å². The molecule has 0 heterocycles. The third kappa shape index (κ3) is 6.33. The van der Waals surface area contributed by atoms with Crippen LogP contribution in [0, 0.1) is 0 Å². The van der Waals surface area contributed by atoms with Gasteiger partial charge in [-0.25, -0.2) is 0 Å². The standard InChI is InChI=1S/C21H27N3O3/c1-5-15(2)27-19-11-9-17(10-12-19)23-20(25)14-22-18-8-6-7-16(13-18)21(26)24(3)4/h6-13,15,22H,5,14H2,1-4H3,(H,23,25). The van der Waals surface area contributed by atoms with Crippen LogP contribution in [0.1, 0.15) is 30.6 Å². The number of nitrogens with one attached hydrogen (secondary N) is 2. The molecular weight excluding hydrogens is 342 g/mol. The number of carbonyl (C=O) groups excluding carboxylic acids is 2. The summed E-state index contributed by atoms with van der Waals surface area (Å²) in [5.41, 5.74) is 1.99. The lowest BCUT2D eigenvalue weighted by molar-refractivity contribution is -0.114. The summed E-state index contributed by atoms with van der Waals surface area (Å²) in [5.74, 6) is 0.528. The third-order valence-corrected chi connectivity index (χ3v) is 4.02. The Morgan fingerprint density at radius 2 is 1.78 bits per heavy atom. The van der Waals surface area contributed by atoms with E-state index in [1.165, 1.54) is 4.90 Å². The maximum atomic E-state index is 12.1. The lowest BCUT2D eigenvalue weighted by Gasteiger charge is -2.13. The predicted octanol–water partition coefficient (Wildman–Crippen LogP) is 3.62. The molecule has 0 saturated heterocycles. The van der Waals surface area contributed by atoms with E-state index in [2.05, 4.69) is 17.6 Å². The van der Waals surface area contributed by atoms with Gasteiger partial charge in [-0.1, -0.05) is 13.0 Å². The highest BCUT2D eigenvalue weighted by Crippen LogP contribution is 2.18. The normalized spacial score (nSPS) is 11.4. The van der Waals surface area contributed by atoms with Gasteiger partial charge in [0.25, 0.3) is 5.91 Å². The highest BCUT2D eigenvalue weighted by Gasteiger charge is 2.09. The molecule has 6 heteroatoms. The Morgan fingerprint density at radius 3 is 2.41 bits per heavy atom. The summed E-state index contributed by atoms with van der Waals surface area (Å²) in [4.78, 5) is 25.7. The average molecular weight is 369 g/mol. The second-order valence-corrected chi connectivity index (χ2v) is 6.54. The second-order valence-electron chi connectivity index (χ2n) is 6.54. The fourth-order valence-corrected chi connectivity index (χ4v) is 2.34. The van der Waals surface area contributed by atoms with Gasteiger partial charge < -0.3 is 20.3 Å². The largest absolute Gasteiger partial charge is 0.491 e. The SMILES string of the molecule is CCC(C)Oc1ccc(NC(=O)CNc2cccc(C(=O)N(C)C)c2)cc1. The van der Waals surface area contributed by atoms with Gasteiger partial charge in [0.2, 0.25) is 5.91 Å². The Kier molecular flexibility index (Phi) is 7.23. The first-order valence-corrected chi connectivity index (χ1v) is 9.01. The molecule has 2 aromatic rings. The second kappa shape index (κ2) is 9.62. The van der Waals surface area contributed by atoms with Gasteiger partial charge in [-0.3, -0.25) is 9.59 Å². The zero-order valence-corrected chi connectivity index (χ0v) is 16.3. The molecule has 2 rings (SSSR count). The van der Waals surface area contributed by atoms with Crippen molar-refractivity contribution in [3.8, 4) is 5.75 Å². The lowest BCUT2D eigenvalue weighted by atomic mass is 10.2. The number of benzene rings is 2. The molecule has 0 aliphatic heterocycles. The Bertz CT molecular complexity index is 772. The number of nitrogens with zero attached hydrogens (tertiary/aromatic N) is 1. The van der Waals surface area contributed by atoms with E-state index >= 15 is 0 Å². The zero-order chi connectivity index (χ0) is 19.8. The minimum Gasteiger partial charge on any atom is -0.491 e. The Morgan fingerprint density at radius 1 is 1.07 bits per heavy atom. The molecular formula is C21H27N3O3. The maximum absolute atomic E-state index is 12.1. The Labute approximate surface area is 160 Å². The van der Waals surface area contributed by atoms with Gasteiger partial charge in [-0.15, -0.1) is 0 Å². The summed E-state index contributed by atoms with van der Waals surface area (Å²) < 4.78 is 5.72. The summed E-state index contributed by atoms with van der Waals surface area (Å²) in [6.07, 6.45) is 1.09. The molecule has 0 aromatic heterocycles. The molecule has 2 amide bonds. The fourth-order valence-electron chi connectivity index (χ4n) is 2.34. The van der Waals surface area contributed by atoms with E-state index in [0.29, 0.717) is 11.3 Å². The first-order valence-electron chi connectivity index (χ1n) is 9.01. The molecule has 0 fully saturated rings. The van der Waals surface area contributed by atoms with Gasteiger partial charge in [0.05, 0.1) is 12.6 Å². The topological polar surface area (TPSA) is 70.7 Å². The number of ether oxygens (including phenoxy) is 1. The molecule has 6 nitrogen and oxygen atoms in total. The molecule has 0 aliphatic rings. The van der Waals surface area contributed by atoms with Gasteiger partial charge >= 0.3 is 0 Å². The quantitative estimate of drug-likeness (QED) is 0.746. The molecule has 27 heavy (non-hydrogen) atoms. The van der Waals surface area contributed by atoms with E-state index in [0.717, 1.165) is 17.9 Å². The fraction of sp³-hybridized carbons (Fsp3) is 0.333. The molecule has 1 atom stereocenters. The number of rotatable bonds is 8. The predicted molar refractivity (Wildman–Crippen MR) is 108 cm³/mol. The molecule has 1 unspecified atom stereocenters. The minimum atomic E-state index is -0.171. The van der Waals surface area contributed by atoms with Crippen molar-refractivity contribution < 1.29 is 14.3 Å². The Hall–Kier alpha value is -3.02. The number of carbonyl (C=O) groups is 2. The van der Waals surface area contributed by atoms with Crippen molar-refractivity contribution in [1.29, 1.82) is 0 Å². The Balaban J connectivity index is 1.87. The molecule has 0 spiro atoms. The van der Waals surface area contributed by atoms with Crippen LogP contribution in [-0.4, -0.2) is 43.5 Å². The van der Waals surface area contributed by atoms with E-state index < -0.39 is 0 Å². The summed E-state index contributed by atoms with van der Waals surface area (Å²) >= 11 is 0. The number of hydrogen-bond donors (Lipinski definition) is 2. The van der Waals surface area contributed by atoms with Crippen molar-refractivity contribution in [2.24, 2.45) is 0 Å². The zero-order valence-electron chi connectivity index (χ0n) is 16.3. The first-order chi connectivity index (χ1) is 12.9. The van der Waals surface area contributed by atoms with Crippen LogP contribution in [0.5, 0.6) is 5.75 Å². The number of amides is 2. The van der Waals surface area contributed by atoms with Gasteiger partial charge in [0, 0.05) is 31.0 Å². The van der Waals surface area contributed by atoms with Crippen LogP contribution < -0.4 is 15.4 Å². The maximum Gasteiger partial charge on any atom is 0.253 e. The van der Waals surface area contributed by atoms with Gasteiger partial charge in [0.1, 0.15) is 5.75 Å². The van der Waals surface area contributed by atoms with E-state index in [1.54, 1.807) is 32.3 Å². The molecule has 0 aliphatic carbocycles. The highest BCUT2D eigenvalue weighted by molar-refractivity contribution is 5.96. The highest BCUT2D eigenvalue weighted by atomic mass is 16.5. The van der Waals surface area contributed by atoms with Crippen molar-refractivity contribution in [3.05, 3.63) is 54.1 Å². The van der Waals surface area contributed by atoms with Crippen molar-refractivity contribution in [2.75, 3.05) is 31.3 Å². The number of hydrogen-bond acceptors (Lipinski definition) is 4. The van der Waals surface area contributed by atoms with Crippen molar-refractivity contribution in [2.45, 2.75) is 26.4 Å². The summed E-state index contributed by atoms with van der Waals surface area (Å²) in [5, 5.41) is 5.87. The molecule has 144 valence electrons. The third-order valence-electron chi connectivity index (χ3n) is 4.02. The van der Waals surface area contributed by atoms with E-state index in [-0.39, 0.29) is 24.5 Å². The lowest BCUT2D eigenvalue weighted by Crippen LogP contribution is -2.23. The minimum absolute atomic E-state index is 0.0807. The van der Waals surface area contributed by atoms with Crippen LogP contribution in [0.3, 0.4) is 0 Å². The smallest absolute Gasteiger partial charge is 0.253 e. The molecule has 0 radical (unpaired) electrons. The summed E-state index contributed by atoms with van der Waals surface area (Å²) in [6.45, 7) is 4.19. The van der Waals surface area contributed by atoms with Crippen LogP contribution in [0.2, 0.25) is 0 Å². The van der Waals surface area contributed by atoms with E-state index in [1.807, 2.05) is 37.3 Å². The van der Waals surface area contributed by atoms with Gasteiger partial charge in [-0.05, 0) is 55.8 Å². The van der Waals surface area contributed by atoms with Gasteiger partial charge in [-0.2, -0.15) is 0 Å². The van der Waals surface area contributed by atoms with Crippen LogP contribution in [0.4, 0.5) is 11.4 Å². The van der Waals surface area contributed by atoms with E-state index in [4.69, 9.17) is 4.74 Å². The molecule has 0 bridgehead atoms. The average Bonchev–Trinajstić information content (AvgIpc) is 2.67. The van der Waals surface area contributed by atoms with Crippen LogP contribution in [0.15, 0.2) is 48.5 Å². The molecule has 2 aromatic carbocycles. The monoisotopic (exact) mass is 369 g/mol. The van der Waals surface area contributed by atoms with Crippen LogP contribution >= 0.6 is 0 Å². The first kappa shape index (κ1) is 20.3. The summed E-state index contributed by atoms with van der Waals surface area (Å²) in [7, 11) is 3.41. The van der Waals surface area contributed by atoms with Crippen LogP contribution in [0.25, 0.3) is 0 Å². The summed E-state index contributed by atoms with van der Waals surface area (Å²) in [6, 6.07) is 14.4. The van der Waals surface area contributed by atoms with Gasteiger partial charge in [0.15, 0.2) is 0 Å². The van der Waals surface area contributed by atoms with Crippen molar-refractivity contribution in [3.63, 3.8) is 0 Å².